The van der Waals surface area contributed by atoms with E-state index in [1.807, 2.05) is 0 Å². The zero-order valence-corrected chi connectivity index (χ0v) is 7.36. The fourth-order valence-electron chi connectivity index (χ4n) is 0. The van der Waals surface area contributed by atoms with Crippen molar-refractivity contribution in [2.24, 2.45) is 5.73 Å². The number of rotatable bonds is 1. The van der Waals surface area contributed by atoms with Crippen molar-refractivity contribution in [3.63, 3.8) is 0 Å². The molecule has 0 spiro atoms. The van der Waals surface area contributed by atoms with Crippen LogP contribution >= 0.6 is 8.46 Å². The normalized spacial score (nSPS) is 6.67. The van der Waals surface area contributed by atoms with Gasteiger partial charge in [-0.25, -0.2) is 0 Å². The molecule has 0 unspecified atom stereocenters. The van der Waals surface area contributed by atoms with E-state index in [0.717, 1.165) is 0 Å². The van der Waals surface area contributed by atoms with Gasteiger partial charge in [-0.15, -0.1) is 0 Å². The Morgan fingerprint density at radius 3 is 2.00 bits per heavy atom. The monoisotopic (exact) mass is 131 g/mol. The minimum absolute atomic E-state index is 0. The molecule has 0 fully saturated rings. The first kappa shape index (κ1) is 10.2. The molecular weight excluding hydrogens is 128 g/mol. The van der Waals surface area contributed by atoms with E-state index < -0.39 is 14.1 Å². The van der Waals surface area contributed by atoms with Gasteiger partial charge in [0, 0.05) is 0 Å². The Morgan fingerprint density at radius 1 is 1.83 bits per heavy atom. The Kier molecular flexibility index (Phi) is 10.6. The van der Waals surface area contributed by atoms with Crippen molar-refractivity contribution in [2.75, 3.05) is 0 Å². The molecule has 0 aliphatic heterocycles. The summed E-state index contributed by atoms with van der Waals surface area (Å²) in [5.41, 5.74) is 3.50. The summed E-state index contributed by atoms with van der Waals surface area (Å²) in [5.74, 6) is 0. The van der Waals surface area contributed by atoms with Gasteiger partial charge in [0.2, 0.25) is 0 Å². The molecule has 0 aromatic carbocycles. The van der Waals surface area contributed by atoms with Crippen LogP contribution in [0.4, 0.5) is 4.79 Å². The van der Waals surface area contributed by atoms with Gasteiger partial charge in [0.15, 0.2) is 0 Å². The minimum atomic E-state index is -0.829. The van der Waals surface area contributed by atoms with Gasteiger partial charge in [0.05, 0.1) is 0 Å². The SMILES string of the molecule is NC(=O)P=O.[H-].[K+]. The molecule has 1 amide bonds. The van der Waals surface area contributed by atoms with Gasteiger partial charge < -0.3 is 7.16 Å². The molecule has 0 aromatic heterocycles. The molecule has 0 atom stereocenters. The van der Waals surface area contributed by atoms with Crippen LogP contribution in [0.15, 0.2) is 0 Å². The number of amides is 1. The van der Waals surface area contributed by atoms with Crippen LogP contribution < -0.4 is 57.1 Å². The molecule has 3 nitrogen and oxygen atoms in total. The summed E-state index contributed by atoms with van der Waals surface area (Å²) >= 11 is 0. The first-order valence-corrected chi connectivity index (χ1v) is 1.71. The second kappa shape index (κ2) is 6.21. The number of carbonyl (C=O) groups excluding carboxylic acids is 1. The van der Waals surface area contributed by atoms with E-state index in [4.69, 9.17) is 4.57 Å². The average molecular weight is 131 g/mol. The zero-order valence-electron chi connectivity index (χ0n) is 4.34. The summed E-state index contributed by atoms with van der Waals surface area (Å²) in [6, 6.07) is 0. The van der Waals surface area contributed by atoms with Crippen LogP contribution in [0.1, 0.15) is 1.43 Å². The van der Waals surface area contributed by atoms with Crippen LogP contribution in [0.2, 0.25) is 0 Å². The number of carbonyl (C=O) groups is 1. The molecule has 0 aromatic rings. The molecule has 0 saturated heterocycles. The number of hydrogen-bond acceptors (Lipinski definition) is 2. The molecule has 0 aliphatic carbocycles. The minimum Gasteiger partial charge on any atom is -1.00 e. The Labute approximate surface area is 80.8 Å². The molecular formula is CH3KNO2P. The van der Waals surface area contributed by atoms with E-state index in [1.54, 1.807) is 0 Å². The topological polar surface area (TPSA) is 60.2 Å². The summed E-state index contributed by atoms with van der Waals surface area (Å²) in [7, 11) is -0.614. The van der Waals surface area contributed by atoms with Crippen molar-refractivity contribution in [2.45, 2.75) is 0 Å². The predicted octanol–water partition coefficient (Wildman–Crippen LogP) is -2.53. The van der Waals surface area contributed by atoms with Crippen LogP contribution in [0, 0.1) is 0 Å². The molecule has 0 rings (SSSR count). The largest absolute Gasteiger partial charge is 1.00 e. The molecule has 30 valence electrons. The van der Waals surface area contributed by atoms with Crippen molar-refractivity contribution in [3.8, 4) is 0 Å². The standard InChI is InChI=1S/CH2NO2P.K.H/c2-1(3)5-4;;/h(H2,2,3);;/q;+1;-1. The maximum Gasteiger partial charge on any atom is 1.00 e. The molecule has 0 saturated carbocycles. The molecule has 0 aliphatic rings. The number of primary amides is 1. The third kappa shape index (κ3) is 8.96. The second-order valence-electron chi connectivity index (χ2n) is 0.430. The third-order valence-corrected chi connectivity index (χ3v) is 0.270. The fraction of sp³-hybridized carbons (Fsp3) is 0. The van der Waals surface area contributed by atoms with Gasteiger partial charge in [-0.2, -0.15) is 0 Å². The van der Waals surface area contributed by atoms with Crippen LogP contribution in [0.25, 0.3) is 0 Å². The summed E-state index contributed by atoms with van der Waals surface area (Å²) in [4.78, 5) is 9.27. The Bertz CT molecular complexity index is 68.7. The Hall–Kier alpha value is 1.21. The average Bonchev–Trinajstić information content (AvgIpc) is 1.38. The molecule has 0 heterocycles. The van der Waals surface area contributed by atoms with Crippen molar-refractivity contribution >= 4 is 14.1 Å². The van der Waals surface area contributed by atoms with E-state index >= 15 is 0 Å². The van der Waals surface area contributed by atoms with E-state index in [2.05, 4.69) is 5.73 Å². The molecule has 6 heavy (non-hydrogen) atoms. The first-order chi connectivity index (χ1) is 2.27. The van der Waals surface area contributed by atoms with Gasteiger partial charge in [-0.1, -0.05) is 0 Å². The molecule has 5 heteroatoms. The second-order valence-corrected chi connectivity index (χ2v) is 1.05. The van der Waals surface area contributed by atoms with Gasteiger partial charge in [-0.05, 0) is 0 Å². The summed E-state index contributed by atoms with van der Waals surface area (Å²) in [6.45, 7) is 0. The first-order valence-electron chi connectivity index (χ1n) is 0.899. The van der Waals surface area contributed by atoms with Gasteiger partial charge >= 0.3 is 57.0 Å². The van der Waals surface area contributed by atoms with Crippen molar-refractivity contribution < 1.29 is 62.2 Å². The van der Waals surface area contributed by atoms with Crippen LogP contribution in [0.5, 0.6) is 0 Å². The van der Waals surface area contributed by atoms with Crippen molar-refractivity contribution in [3.05, 3.63) is 0 Å². The van der Waals surface area contributed by atoms with Crippen LogP contribution in [-0.2, 0) is 4.57 Å². The van der Waals surface area contributed by atoms with Crippen molar-refractivity contribution in [1.29, 1.82) is 0 Å². The maximum atomic E-state index is 9.27. The van der Waals surface area contributed by atoms with E-state index in [9.17, 15) is 4.79 Å². The van der Waals surface area contributed by atoms with E-state index in [-0.39, 0.29) is 52.8 Å². The molecule has 2 N–H and O–H groups in total. The van der Waals surface area contributed by atoms with Crippen LogP contribution in [-0.4, -0.2) is 5.65 Å². The van der Waals surface area contributed by atoms with E-state index in [1.165, 1.54) is 0 Å². The van der Waals surface area contributed by atoms with Crippen molar-refractivity contribution in [1.82, 2.24) is 0 Å². The third-order valence-electron chi connectivity index (χ3n) is 0.0900. The summed E-state index contributed by atoms with van der Waals surface area (Å²) < 4.78 is 9.13. The predicted molar refractivity (Wildman–Crippen MR) is 18.3 cm³/mol. The van der Waals surface area contributed by atoms with Gasteiger partial charge in [-0.3, -0.25) is 9.36 Å². The molecule has 0 bridgehead atoms. The van der Waals surface area contributed by atoms with Gasteiger partial charge in [0.1, 0.15) is 0 Å². The molecule has 0 radical (unpaired) electrons. The quantitative estimate of drug-likeness (QED) is 0.315. The number of nitrogens with two attached hydrogens (primary N) is 1. The maximum absolute atomic E-state index is 9.27. The Balaban J connectivity index is -0.0000000800. The zero-order chi connectivity index (χ0) is 4.28. The smallest absolute Gasteiger partial charge is 1.00 e. The summed E-state index contributed by atoms with van der Waals surface area (Å²) in [5, 5.41) is 0. The van der Waals surface area contributed by atoms with Crippen LogP contribution in [0.3, 0.4) is 0 Å². The summed E-state index contributed by atoms with van der Waals surface area (Å²) in [6.07, 6.45) is 0. The van der Waals surface area contributed by atoms with Gasteiger partial charge in [0.25, 0.3) is 8.46 Å². The Morgan fingerprint density at radius 2 is 2.00 bits per heavy atom. The number of hydrogen-bond donors (Lipinski definition) is 1. The fourth-order valence-corrected chi connectivity index (χ4v) is 0. The van der Waals surface area contributed by atoms with E-state index in [0.29, 0.717) is 0 Å².